The van der Waals surface area contributed by atoms with Gasteiger partial charge in [-0.3, -0.25) is 19.3 Å². The number of imide groups is 1. The number of nitrogens with one attached hydrogen (secondary N) is 1. The van der Waals surface area contributed by atoms with Gasteiger partial charge in [-0.2, -0.15) is 13.2 Å². The minimum Gasteiger partial charge on any atom is -0.324 e. The zero-order valence-electron chi connectivity index (χ0n) is 13.5. The molecule has 1 aromatic carbocycles. The minimum atomic E-state index is -4.62. The molecule has 3 amide bonds. The van der Waals surface area contributed by atoms with Crippen molar-refractivity contribution in [2.45, 2.75) is 12.6 Å². The summed E-state index contributed by atoms with van der Waals surface area (Å²) in [5.74, 6) is -2.49. The Hall–Kier alpha value is -2.64. The number of alkyl halides is 3. The normalized spacial score (nSPS) is 29.4. The molecule has 136 valence electrons. The molecule has 0 aromatic heterocycles. The molecule has 5 nitrogen and oxygen atoms in total. The van der Waals surface area contributed by atoms with Gasteiger partial charge in [-0.25, -0.2) is 0 Å². The van der Waals surface area contributed by atoms with Crippen LogP contribution < -0.4 is 5.32 Å². The summed E-state index contributed by atoms with van der Waals surface area (Å²) in [4.78, 5) is 38.1. The zero-order chi connectivity index (χ0) is 18.6. The van der Waals surface area contributed by atoms with Crippen molar-refractivity contribution in [2.24, 2.45) is 23.7 Å². The molecule has 1 heterocycles. The third kappa shape index (κ3) is 2.51. The van der Waals surface area contributed by atoms with Gasteiger partial charge >= 0.3 is 6.18 Å². The maximum Gasteiger partial charge on any atom is 0.418 e. The van der Waals surface area contributed by atoms with Gasteiger partial charge in [-0.05, 0) is 30.4 Å². The summed E-state index contributed by atoms with van der Waals surface area (Å²) in [5, 5.41) is 2.17. The first-order valence-corrected chi connectivity index (χ1v) is 8.27. The van der Waals surface area contributed by atoms with Gasteiger partial charge < -0.3 is 5.32 Å². The van der Waals surface area contributed by atoms with E-state index in [1.54, 1.807) is 0 Å². The molecule has 1 N–H and O–H groups in total. The fraction of sp³-hybridized carbons (Fsp3) is 0.389. The zero-order valence-corrected chi connectivity index (χ0v) is 13.5. The highest BCUT2D eigenvalue weighted by Crippen LogP contribution is 2.52. The van der Waals surface area contributed by atoms with E-state index in [9.17, 15) is 27.6 Å². The molecule has 26 heavy (non-hydrogen) atoms. The van der Waals surface area contributed by atoms with Crippen LogP contribution in [-0.2, 0) is 20.6 Å². The SMILES string of the molecule is O=C(CN1C(=O)[C@@H]2[C@H](C1=O)[C@H]1C=C[C@H]2C1)Nc1ccccc1C(F)(F)F. The number of fused-ring (bicyclic) bond motifs is 5. The highest BCUT2D eigenvalue weighted by molar-refractivity contribution is 6.09. The van der Waals surface area contributed by atoms with Gasteiger partial charge in [0.25, 0.3) is 0 Å². The molecule has 4 rings (SSSR count). The number of halogens is 3. The minimum absolute atomic E-state index is 0.0143. The van der Waals surface area contributed by atoms with E-state index in [-0.39, 0.29) is 11.8 Å². The predicted molar refractivity (Wildman–Crippen MR) is 84.5 cm³/mol. The van der Waals surface area contributed by atoms with Gasteiger partial charge in [-0.1, -0.05) is 24.3 Å². The van der Waals surface area contributed by atoms with E-state index in [2.05, 4.69) is 5.32 Å². The van der Waals surface area contributed by atoms with E-state index in [1.165, 1.54) is 12.1 Å². The van der Waals surface area contributed by atoms with Crippen LogP contribution in [0.3, 0.4) is 0 Å². The molecule has 3 aliphatic rings. The lowest BCUT2D eigenvalue weighted by atomic mass is 9.85. The van der Waals surface area contributed by atoms with Crippen molar-refractivity contribution in [1.82, 2.24) is 4.90 Å². The standard InChI is InChI=1S/C18H15F3N2O3/c19-18(20,21)11-3-1-2-4-12(11)22-13(24)8-23-16(25)14-9-5-6-10(7-9)15(14)17(23)26/h1-6,9-10,14-15H,7-8H2,(H,22,24)/t9-,10-,14-,15+/m0/s1. The van der Waals surface area contributed by atoms with Crippen LogP contribution in [0.5, 0.6) is 0 Å². The summed E-state index contributed by atoms with van der Waals surface area (Å²) >= 11 is 0. The Kier molecular flexibility index (Phi) is 3.68. The van der Waals surface area contributed by atoms with Crippen molar-refractivity contribution < 1.29 is 27.6 Å². The summed E-state index contributed by atoms with van der Waals surface area (Å²) < 4.78 is 39.0. The first-order valence-electron chi connectivity index (χ1n) is 8.27. The quantitative estimate of drug-likeness (QED) is 0.662. The van der Waals surface area contributed by atoms with Crippen molar-refractivity contribution in [1.29, 1.82) is 0 Å². The van der Waals surface area contributed by atoms with Crippen molar-refractivity contribution in [3.8, 4) is 0 Å². The topological polar surface area (TPSA) is 66.5 Å². The summed E-state index contributed by atoms with van der Waals surface area (Å²) in [6.07, 6.45) is 0.0111. The fourth-order valence-corrected chi connectivity index (χ4v) is 4.29. The Balaban J connectivity index is 1.49. The van der Waals surface area contributed by atoms with Crippen molar-refractivity contribution >= 4 is 23.4 Å². The van der Waals surface area contributed by atoms with E-state index < -0.39 is 53.5 Å². The lowest BCUT2D eigenvalue weighted by Gasteiger charge is -2.18. The van der Waals surface area contributed by atoms with Crippen molar-refractivity contribution in [3.63, 3.8) is 0 Å². The highest BCUT2D eigenvalue weighted by atomic mass is 19.4. The second-order valence-corrected chi connectivity index (χ2v) is 6.85. The first kappa shape index (κ1) is 16.8. The molecule has 2 aliphatic carbocycles. The van der Waals surface area contributed by atoms with Crippen LogP contribution in [0.25, 0.3) is 0 Å². The molecule has 1 saturated heterocycles. The molecule has 0 spiro atoms. The largest absolute Gasteiger partial charge is 0.418 e. The lowest BCUT2D eigenvalue weighted by Crippen LogP contribution is -2.39. The number of carbonyl (C=O) groups is 3. The van der Waals surface area contributed by atoms with Crippen LogP contribution in [0.4, 0.5) is 18.9 Å². The number of allylic oxidation sites excluding steroid dienone is 2. The number of nitrogens with zero attached hydrogens (tertiary/aromatic N) is 1. The first-order chi connectivity index (χ1) is 12.3. The van der Waals surface area contributed by atoms with Gasteiger partial charge in [0, 0.05) is 0 Å². The Morgan fingerprint density at radius 2 is 1.65 bits per heavy atom. The van der Waals surface area contributed by atoms with Crippen molar-refractivity contribution in [3.05, 3.63) is 42.0 Å². The van der Waals surface area contributed by atoms with Crippen LogP contribution in [-0.4, -0.2) is 29.2 Å². The Morgan fingerprint density at radius 3 is 2.23 bits per heavy atom. The molecule has 2 fully saturated rings. The average Bonchev–Trinajstić information content (AvgIpc) is 3.24. The number of amides is 3. The van der Waals surface area contributed by atoms with Gasteiger partial charge in [0.1, 0.15) is 6.54 Å². The molecule has 1 saturated carbocycles. The van der Waals surface area contributed by atoms with Gasteiger partial charge in [0.15, 0.2) is 0 Å². The number of hydrogen-bond donors (Lipinski definition) is 1. The summed E-state index contributed by atoms with van der Waals surface area (Å²) in [5.41, 5.74) is -1.38. The monoisotopic (exact) mass is 364 g/mol. The maximum atomic E-state index is 13.0. The van der Waals surface area contributed by atoms with E-state index in [0.717, 1.165) is 23.5 Å². The number of para-hydroxylation sites is 1. The second kappa shape index (κ2) is 5.69. The molecular weight excluding hydrogens is 349 g/mol. The van der Waals surface area contributed by atoms with E-state index in [4.69, 9.17) is 0 Å². The molecule has 0 unspecified atom stereocenters. The number of benzene rings is 1. The van der Waals surface area contributed by atoms with Crippen LogP contribution in [0, 0.1) is 23.7 Å². The second-order valence-electron chi connectivity index (χ2n) is 6.85. The number of likely N-dealkylation sites (tertiary alicyclic amines) is 1. The number of hydrogen-bond acceptors (Lipinski definition) is 3. The summed E-state index contributed by atoms with van der Waals surface area (Å²) in [6.45, 7) is -0.573. The smallest absolute Gasteiger partial charge is 0.324 e. The van der Waals surface area contributed by atoms with Crippen molar-refractivity contribution in [2.75, 3.05) is 11.9 Å². The third-order valence-electron chi connectivity index (χ3n) is 5.37. The predicted octanol–water partition coefficient (Wildman–Crippen LogP) is 2.45. The Morgan fingerprint density at radius 1 is 1.08 bits per heavy atom. The molecule has 4 atom stereocenters. The van der Waals surface area contributed by atoms with Crippen LogP contribution >= 0.6 is 0 Å². The molecule has 1 aromatic rings. The molecule has 2 bridgehead atoms. The van der Waals surface area contributed by atoms with Gasteiger partial charge in [0.05, 0.1) is 23.1 Å². The fourth-order valence-electron chi connectivity index (χ4n) is 4.29. The van der Waals surface area contributed by atoms with E-state index in [0.29, 0.717) is 0 Å². The summed E-state index contributed by atoms with van der Waals surface area (Å²) in [6, 6.07) is 4.57. The van der Waals surface area contributed by atoms with Gasteiger partial charge in [0.2, 0.25) is 17.7 Å². The van der Waals surface area contributed by atoms with Crippen LogP contribution in [0.2, 0.25) is 0 Å². The van der Waals surface area contributed by atoms with Gasteiger partial charge in [-0.15, -0.1) is 0 Å². The molecule has 0 radical (unpaired) electrons. The maximum absolute atomic E-state index is 13.0. The number of carbonyl (C=O) groups excluding carboxylic acids is 3. The third-order valence-corrected chi connectivity index (χ3v) is 5.37. The Labute approximate surface area is 146 Å². The number of rotatable bonds is 3. The lowest BCUT2D eigenvalue weighted by molar-refractivity contribution is -0.143. The summed E-state index contributed by atoms with van der Waals surface area (Å²) in [7, 11) is 0. The molecular formula is C18H15F3N2O3. The van der Waals surface area contributed by atoms with Crippen LogP contribution in [0.15, 0.2) is 36.4 Å². The van der Waals surface area contributed by atoms with E-state index >= 15 is 0 Å². The molecule has 1 aliphatic heterocycles. The number of anilines is 1. The average molecular weight is 364 g/mol. The highest BCUT2D eigenvalue weighted by Gasteiger charge is 2.59. The molecule has 8 heteroatoms. The Bertz CT molecular complexity index is 803. The van der Waals surface area contributed by atoms with Crippen LogP contribution in [0.1, 0.15) is 12.0 Å². The van der Waals surface area contributed by atoms with E-state index in [1.807, 2.05) is 12.2 Å².